The molecule has 120 valence electrons. The van der Waals surface area contributed by atoms with Gasteiger partial charge in [0.15, 0.2) is 5.75 Å². The Morgan fingerprint density at radius 2 is 2.04 bits per heavy atom. The predicted molar refractivity (Wildman–Crippen MR) is 84.4 cm³/mol. The third-order valence-electron chi connectivity index (χ3n) is 2.68. The van der Waals surface area contributed by atoms with E-state index in [1.54, 1.807) is 6.92 Å². The van der Waals surface area contributed by atoms with Crippen LogP contribution >= 0.6 is 23.2 Å². The predicted octanol–water partition coefficient (Wildman–Crippen LogP) is 1.56. The van der Waals surface area contributed by atoms with E-state index in [4.69, 9.17) is 23.2 Å². The molecule has 0 spiro atoms. The third kappa shape index (κ3) is 3.79. The summed E-state index contributed by atoms with van der Waals surface area (Å²) in [6.45, 7) is 1.60. The number of benzene rings is 1. The molecule has 0 aliphatic heterocycles. The number of aryl methyl sites for hydroxylation is 1. The van der Waals surface area contributed by atoms with E-state index in [2.05, 4.69) is 20.5 Å². The summed E-state index contributed by atoms with van der Waals surface area (Å²) in [4.78, 5) is 28.9. The fraction of sp³-hybridized carbons (Fsp3) is 0.0769. The summed E-state index contributed by atoms with van der Waals surface area (Å²) >= 11 is 11.4. The van der Waals surface area contributed by atoms with Crippen molar-refractivity contribution in [2.75, 3.05) is 0 Å². The van der Waals surface area contributed by atoms with Gasteiger partial charge in [0, 0.05) is 11.3 Å². The van der Waals surface area contributed by atoms with Crippen LogP contribution in [0.3, 0.4) is 0 Å². The number of hydrazone groups is 1. The smallest absolute Gasteiger partial charge is 0.345 e. The Labute approximate surface area is 139 Å². The number of nitrogens with zero attached hydrogens (tertiary/aromatic N) is 2. The van der Waals surface area contributed by atoms with Crippen molar-refractivity contribution < 1.29 is 15.0 Å². The SMILES string of the molecule is Cc1cc(C(=O)N/N=C/c2cc(Cl)c(O)c(Cl)c2O)nc(=O)[nH]1. The Hall–Kier alpha value is -2.58. The van der Waals surface area contributed by atoms with Crippen molar-refractivity contribution in [2.24, 2.45) is 5.10 Å². The average molecular weight is 357 g/mol. The quantitative estimate of drug-likeness (QED) is 0.490. The Morgan fingerprint density at radius 1 is 1.35 bits per heavy atom. The number of phenols is 2. The van der Waals surface area contributed by atoms with Crippen LogP contribution in [0.2, 0.25) is 10.0 Å². The number of rotatable bonds is 3. The van der Waals surface area contributed by atoms with Crippen LogP contribution in [-0.4, -0.2) is 32.3 Å². The number of halogens is 2. The number of aromatic nitrogens is 2. The molecule has 8 nitrogen and oxygen atoms in total. The molecule has 0 atom stereocenters. The molecule has 0 unspecified atom stereocenters. The molecule has 0 aliphatic rings. The van der Waals surface area contributed by atoms with E-state index in [0.717, 1.165) is 6.21 Å². The highest BCUT2D eigenvalue weighted by Crippen LogP contribution is 2.40. The number of carbonyl (C=O) groups is 1. The lowest BCUT2D eigenvalue weighted by molar-refractivity contribution is 0.0949. The van der Waals surface area contributed by atoms with Gasteiger partial charge in [-0.1, -0.05) is 23.2 Å². The molecule has 0 radical (unpaired) electrons. The van der Waals surface area contributed by atoms with E-state index >= 15 is 0 Å². The maximum Gasteiger partial charge on any atom is 0.345 e. The number of H-pyrrole nitrogens is 1. The van der Waals surface area contributed by atoms with E-state index in [1.165, 1.54) is 12.1 Å². The number of nitrogens with one attached hydrogen (secondary N) is 2. The molecule has 1 aromatic heterocycles. The van der Waals surface area contributed by atoms with Crippen LogP contribution in [-0.2, 0) is 0 Å². The number of aromatic amines is 1. The molecule has 2 rings (SSSR count). The fourth-order valence-corrected chi connectivity index (χ4v) is 2.10. The van der Waals surface area contributed by atoms with Crippen LogP contribution in [0.1, 0.15) is 21.7 Å². The Morgan fingerprint density at radius 3 is 2.70 bits per heavy atom. The van der Waals surface area contributed by atoms with Gasteiger partial charge in [-0.15, -0.1) is 0 Å². The zero-order valence-electron chi connectivity index (χ0n) is 11.6. The molecule has 1 amide bonds. The Bertz CT molecular complexity index is 864. The molecule has 2 aromatic rings. The molecular formula is C13H10Cl2N4O4. The normalized spacial score (nSPS) is 10.9. The summed E-state index contributed by atoms with van der Waals surface area (Å²) in [6, 6.07) is 2.58. The van der Waals surface area contributed by atoms with Gasteiger partial charge in [0.05, 0.1) is 11.2 Å². The molecule has 0 saturated heterocycles. The summed E-state index contributed by atoms with van der Waals surface area (Å²) in [6.07, 6.45) is 1.07. The van der Waals surface area contributed by atoms with Crippen LogP contribution in [0.4, 0.5) is 0 Å². The minimum atomic E-state index is -0.717. The Balaban J connectivity index is 2.19. The van der Waals surface area contributed by atoms with Gasteiger partial charge in [-0.25, -0.2) is 10.2 Å². The average Bonchev–Trinajstić information content (AvgIpc) is 2.49. The summed E-state index contributed by atoms with van der Waals surface area (Å²) in [7, 11) is 0. The Kier molecular flexibility index (Phi) is 4.87. The van der Waals surface area contributed by atoms with Gasteiger partial charge in [-0.2, -0.15) is 10.1 Å². The fourth-order valence-electron chi connectivity index (χ4n) is 1.63. The number of carbonyl (C=O) groups excluding carboxylic acids is 1. The highest BCUT2D eigenvalue weighted by molar-refractivity contribution is 6.38. The second-order valence-electron chi connectivity index (χ2n) is 4.41. The molecule has 23 heavy (non-hydrogen) atoms. The molecule has 0 fully saturated rings. The molecule has 0 saturated carbocycles. The van der Waals surface area contributed by atoms with E-state index < -0.39 is 23.1 Å². The van der Waals surface area contributed by atoms with E-state index in [9.17, 15) is 19.8 Å². The van der Waals surface area contributed by atoms with Crippen molar-refractivity contribution >= 4 is 35.3 Å². The van der Waals surface area contributed by atoms with E-state index in [0.29, 0.717) is 5.69 Å². The van der Waals surface area contributed by atoms with E-state index in [-0.39, 0.29) is 21.3 Å². The van der Waals surface area contributed by atoms with Crippen molar-refractivity contribution in [3.8, 4) is 11.5 Å². The van der Waals surface area contributed by atoms with Gasteiger partial charge in [-0.3, -0.25) is 4.79 Å². The molecule has 1 heterocycles. The number of hydrogen-bond acceptors (Lipinski definition) is 6. The number of aromatic hydroxyl groups is 2. The van der Waals surface area contributed by atoms with Crippen molar-refractivity contribution in [3.05, 3.63) is 49.6 Å². The minimum absolute atomic E-state index is 0.0770. The number of phenolic OH excluding ortho intramolecular Hbond substituents is 2. The van der Waals surface area contributed by atoms with Gasteiger partial charge in [0.1, 0.15) is 16.5 Å². The highest BCUT2D eigenvalue weighted by Gasteiger charge is 2.14. The van der Waals surface area contributed by atoms with E-state index in [1.807, 2.05) is 0 Å². The molecule has 4 N–H and O–H groups in total. The van der Waals surface area contributed by atoms with Gasteiger partial charge in [0.25, 0.3) is 5.91 Å². The van der Waals surface area contributed by atoms with Crippen LogP contribution in [0.5, 0.6) is 11.5 Å². The standard InChI is InChI=1S/C13H10Cl2N4O4/c1-5-2-8(18-13(23)17-5)12(22)19-16-4-6-3-7(14)11(21)9(15)10(6)20/h2-4,20-21H,1H3,(H,19,22)(H,17,18,23)/b16-4+. The molecule has 0 aliphatic carbocycles. The maximum absolute atomic E-state index is 11.8. The molecular weight excluding hydrogens is 347 g/mol. The molecule has 0 bridgehead atoms. The topological polar surface area (TPSA) is 128 Å². The van der Waals surface area contributed by atoms with Gasteiger partial charge in [0.2, 0.25) is 0 Å². The summed E-state index contributed by atoms with van der Waals surface area (Å²) in [5.41, 5.74) is 1.91. The first-order chi connectivity index (χ1) is 10.8. The lowest BCUT2D eigenvalue weighted by Gasteiger charge is -2.05. The first kappa shape index (κ1) is 16.8. The number of amides is 1. The molecule has 1 aromatic carbocycles. The van der Waals surface area contributed by atoms with Crippen molar-refractivity contribution in [2.45, 2.75) is 6.92 Å². The molecule has 10 heteroatoms. The highest BCUT2D eigenvalue weighted by atomic mass is 35.5. The second-order valence-corrected chi connectivity index (χ2v) is 5.20. The van der Waals surface area contributed by atoms with Crippen LogP contribution in [0.25, 0.3) is 0 Å². The summed E-state index contributed by atoms with van der Waals surface area (Å²) < 4.78 is 0. The second kappa shape index (κ2) is 6.67. The lowest BCUT2D eigenvalue weighted by atomic mass is 10.2. The zero-order valence-corrected chi connectivity index (χ0v) is 13.1. The zero-order chi connectivity index (χ0) is 17.1. The number of hydrogen-bond donors (Lipinski definition) is 4. The monoisotopic (exact) mass is 356 g/mol. The van der Waals surface area contributed by atoms with Crippen LogP contribution in [0, 0.1) is 6.92 Å². The van der Waals surface area contributed by atoms with Crippen molar-refractivity contribution in [3.63, 3.8) is 0 Å². The van der Waals surface area contributed by atoms with Crippen molar-refractivity contribution in [1.29, 1.82) is 0 Å². The van der Waals surface area contributed by atoms with Gasteiger partial charge >= 0.3 is 5.69 Å². The summed E-state index contributed by atoms with van der Waals surface area (Å²) in [5, 5.41) is 22.4. The first-order valence-corrected chi connectivity index (χ1v) is 6.86. The largest absolute Gasteiger partial charge is 0.506 e. The lowest BCUT2D eigenvalue weighted by Crippen LogP contribution is -2.24. The van der Waals surface area contributed by atoms with Gasteiger partial charge in [-0.05, 0) is 19.1 Å². The first-order valence-electron chi connectivity index (χ1n) is 6.11. The minimum Gasteiger partial charge on any atom is -0.506 e. The summed E-state index contributed by atoms with van der Waals surface area (Å²) in [5.74, 6) is -1.63. The third-order valence-corrected chi connectivity index (χ3v) is 3.33. The maximum atomic E-state index is 11.8. The van der Waals surface area contributed by atoms with Gasteiger partial charge < -0.3 is 15.2 Å². The van der Waals surface area contributed by atoms with Crippen LogP contribution < -0.4 is 11.1 Å². The van der Waals surface area contributed by atoms with Crippen molar-refractivity contribution in [1.82, 2.24) is 15.4 Å². The van der Waals surface area contributed by atoms with Crippen LogP contribution in [0.15, 0.2) is 22.0 Å².